The molecular formula is C6H13NO3. The number of carbonyl (C=O) groups excluding carboxylic acids is 1. The Morgan fingerprint density at radius 3 is 2.10 bits per heavy atom. The minimum Gasteiger partial charge on any atom is -0.367 e. The molecule has 0 saturated carbocycles. The molecule has 0 spiro atoms. The second-order valence-electron chi connectivity index (χ2n) is 2.33. The van der Waals surface area contributed by atoms with Crippen LogP contribution in [0, 0.1) is 5.92 Å². The molecule has 0 aromatic heterocycles. The lowest BCUT2D eigenvalue weighted by Gasteiger charge is -2.14. The van der Waals surface area contributed by atoms with Crippen molar-refractivity contribution >= 4 is 5.91 Å². The SMILES string of the molecule is COOC(C(N)=O)C(C)C. The first-order valence-corrected chi connectivity index (χ1v) is 3.08. The molecule has 0 heterocycles. The highest BCUT2D eigenvalue weighted by Crippen LogP contribution is 2.04. The second-order valence-corrected chi connectivity index (χ2v) is 2.33. The van der Waals surface area contributed by atoms with Gasteiger partial charge in [-0.15, -0.1) is 0 Å². The van der Waals surface area contributed by atoms with Gasteiger partial charge >= 0.3 is 0 Å². The third-order valence-corrected chi connectivity index (χ3v) is 1.09. The Labute approximate surface area is 60.2 Å². The Morgan fingerprint density at radius 1 is 1.50 bits per heavy atom. The molecule has 0 rings (SSSR count). The van der Waals surface area contributed by atoms with Crippen LogP contribution in [0.4, 0.5) is 0 Å². The second kappa shape index (κ2) is 4.24. The largest absolute Gasteiger partial charge is 0.367 e. The maximum atomic E-state index is 10.5. The Hall–Kier alpha value is -0.610. The summed E-state index contributed by atoms with van der Waals surface area (Å²) in [4.78, 5) is 19.5. The molecule has 10 heavy (non-hydrogen) atoms. The first kappa shape index (κ1) is 9.39. The van der Waals surface area contributed by atoms with Crippen molar-refractivity contribution in [1.29, 1.82) is 0 Å². The van der Waals surface area contributed by atoms with Crippen LogP contribution >= 0.6 is 0 Å². The maximum absolute atomic E-state index is 10.5. The number of rotatable bonds is 4. The van der Waals surface area contributed by atoms with Gasteiger partial charge in [-0.3, -0.25) is 4.79 Å². The molecule has 4 nitrogen and oxygen atoms in total. The van der Waals surface area contributed by atoms with E-state index in [2.05, 4.69) is 9.78 Å². The monoisotopic (exact) mass is 147 g/mol. The van der Waals surface area contributed by atoms with Crippen molar-refractivity contribution < 1.29 is 14.6 Å². The van der Waals surface area contributed by atoms with Gasteiger partial charge in [-0.1, -0.05) is 13.8 Å². The van der Waals surface area contributed by atoms with Crippen LogP contribution in [0.2, 0.25) is 0 Å². The van der Waals surface area contributed by atoms with Gasteiger partial charge in [0.05, 0.1) is 7.11 Å². The van der Waals surface area contributed by atoms with Gasteiger partial charge in [0.15, 0.2) is 6.10 Å². The molecule has 0 aliphatic heterocycles. The number of hydrogen-bond acceptors (Lipinski definition) is 3. The summed E-state index contributed by atoms with van der Waals surface area (Å²) in [6, 6.07) is 0. The molecule has 1 unspecified atom stereocenters. The van der Waals surface area contributed by atoms with E-state index in [9.17, 15) is 4.79 Å². The summed E-state index contributed by atoms with van der Waals surface area (Å²) >= 11 is 0. The highest BCUT2D eigenvalue weighted by molar-refractivity contribution is 5.78. The number of nitrogens with two attached hydrogens (primary N) is 1. The number of carbonyl (C=O) groups is 1. The molecule has 0 aromatic carbocycles. The van der Waals surface area contributed by atoms with Gasteiger partial charge in [0.1, 0.15) is 0 Å². The molecule has 0 bridgehead atoms. The molecule has 0 aliphatic rings. The highest BCUT2D eigenvalue weighted by Gasteiger charge is 2.20. The quantitative estimate of drug-likeness (QED) is 0.452. The summed E-state index contributed by atoms with van der Waals surface area (Å²) in [5.41, 5.74) is 4.98. The molecule has 0 saturated heterocycles. The first-order chi connectivity index (χ1) is 4.59. The van der Waals surface area contributed by atoms with Crippen molar-refractivity contribution in [3.05, 3.63) is 0 Å². The molecule has 0 aromatic rings. The van der Waals surface area contributed by atoms with E-state index >= 15 is 0 Å². The number of primary amides is 1. The minimum atomic E-state index is -0.648. The van der Waals surface area contributed by atoms with E-state index in [1.54, 1.807) is 0 Å². The van der Waals surface area contributed by atoms with Crippen molar-refractivity contribution in [2.24, 2.45) is 11.7 Å². The molecule has 0 radical (unpaired) electrons. The molecule has 0 aliphatic carbocycles. The van der Waals surface area contributed by atoms with Gasteiger partial charge in [0.2, 0.25) is 5.91 Å². The summed E-state index contributed by atoms with van der Waals surface area (Å²) in [6.45, 7) is 3.66. The molecule has 1 atom stereocenters. The fourth-order valence-electron chi connectivity index (χ4n) is 0.591. The van der Waals surface area contributed by atoms with Gasteiger partial charge in [-0.25, -0.2) is 9.78 Å². The van der Waals surface area contributed by atoms with Crippen molar-refractivity contribution in [1.82, 2.24) is 0 Å². The van der Waals surface area contributed by atoms with E-state index in [0.717, 1.165) is 0 Å². The van der Waals surface area contributed by atoms with Crippen LogP contribution in [0.5, 0.6) is 0 Å². The summed E-state index contributed by atoms with van der Waals surface area (Å²) in [6.07, 6.45) is -0.648. The van der Waals surface area contributed by atoms with Crippen LogP contribution in [0.1, 0.15) is 13.8 Å². The van der Waals surface area contributed by atoms with E-state index in [0.29, 0.717) is 0 Å². The van der Waals surface area contributed by atoms with Crippen LogP contribution in [0.3, 0.4) is 0 Å². The van der Waals surface area contributed by atoms with Gasteiger partial charge in [-0.2, -0.15) is 0 Å². The molecule has 2 N–H and O–H groups in total. The maximum Gasteiger partial charge on any atom is 0.250 e. The van der Waals surface area contributed by atoms with E-state index in [-0.39, 0.29) is 5.92 Å². The van der Waals surface area contributed by atoms with E-state index in [1.165, 1.54) is 7.11 Å². The van der Waals surface area contributed by atoms with Crippen LogP contribution in [-0.2, 0) is 14.6 Å². The summed E-state index contributed by atoms with van der Waals surface area (Å²) in [7, 11) is 1.35. The summed E-state index contributed by atoms with van der Waals surface area (Å²) in [5.74, 6) is -0.464. The predicted octanol–water partition coefficient (Wildman–Crippen LogP) is 0.0743. The smallest absolute Gasteiger partial charge is 0.250 e. The van der Waals surface area contributed by atoms with E-state index < -0.39 is 12.0 Å². The van der Waals surface area contributed by atoms with Crippen LogP contribution < -0.4 is 5.73 Å². The fourth-order valence-corrected chi connectivity index (χ4v) is 0.591. The Balaban J connectivity index is 3.85. The normalized spacial score (nSPS) is 13.6. The summed E-state index contributed by atoms with van der Waals surface area (Å²) in [5, 5.41) is 0. The third kappa shape index (κ3) is 2.80. The van der Waals surface area contributed by atoms with Gasteiger partial charge in [0, 0.05) is 0 Å². The van der Waals surface area contributed by atoms with Crippen LogP contribution in [0.25, 0.3) is 0 Å². The average molecular weight is 147 g/mol. The third-order valence-electron chi connectivity index (χ3n) is 1.09. The highest BCUT2D eigenvalue weighted by atomic mass is 17.2. The number of hydrogen-bond donors (Lipinski definition) is 1. The Kier molecular flexibility index (Phi) is 3.99. The Bertz CT molecular complexity index is 114. The zero-order valence-corrected chi connectivity index (χ0v) is 6.46. The minimum absolute atomic E-state index is 0.0393. The van der Waals surface area contributed by atoms with Gasteiger partial charge < -0.3 is 5.73 Å². The van der Waals surface area contributed by atoms with Crippen LogP contribution in [0.15, 0.2) is 0 Å². The molecule has 60 valence electrons. The molecule has 1 amide bonds. The van der Waals surface area contributed by atoms with Gasteiger partial charge in [-0.05, 0) is 5.92 Å². The average Bonchev–Trinajstić information content (AvgIpc) is 1.81. The molecule has 4 heteroatoms. The lowest BCUT2D eigenvalue weighted by molar-refractivity contribution is -0.303. The lowest BCUT2D eigenvalue weighted by atomic mass is 10.1. The molecular weight excluding hydrogens is 134 g/mol. The van der Waals surface area contributed by atoms with E-state index in [4.69, 9.17) is 5.73 Å². The van der Waals surface area contributed by atoms with Gasteiger partial charge in [0.25, 0.3) is 0 Å². The van der Waals surface area contributed by atoms with Crippen molar-refractivity contribution in [3.8, 4) is 0 Å². The predicted molar refractivity (Wildman–Crippen MR) is 35.9 cm³/mol. The zero-order valence-electron chi connectivity index (χ0n) is 6.46. The van der Waals surface area contributed by atoms with Crippen molar-refractivity contribution in [3.63, 3.8) is 0 Å². The summed E-state index contributed by atoms with van der Waals surface area (Å²) < 4.78 is 0. The standard InChI is InChI=1S/C6H13NO3/c1-4(2)5(6(7)8)10-9-3/h4-5H,1-3H3,(H2,7,8). The number of amides is 1. The van der Waals surface area contributed by atoms with Crippen molar-refractivity contribution in [2.75, 3.05) is 7.11 Å². The van der Waals surface area contributed by atoms with E-state index in [1.807, 2.05) is 13.8 Å². The molecule has 0 fully saturated rings. The fraction of sp³-hybridized carbons (Fsp3) is 0.833. The van der Waals surface area contributed by atoms with Crippen molar-refractivity contribution in [2.45, 2.75) is 20.0 Å². The zero-order chi connectivity index (χ0) is 8.15. The lowest BCUT2D eigenvalue weighted by Crippen LogP contribution is -2.35. The first-order valence-electron chi connectivity index (χ1n) is 3.08. The van der Waals surface area contributed by atoms with Crippen LogP contribution in [-0.4, -0.2) is 19.1 Å². The topological polar surface area (TPSA) is 61.6 Å². The Morgan fingerprint density at radius 2 is 2.00 bits per heavy atom.